The molecule has 3 heteroatoms. The molecule has 0 aromatic rings. The standard InChI is InChI=1S/C11H27N3/c1-11(2,12)9-10(13-3)7-6-8-14(4)5/h10,13H,6-9,12H2,1-5H3. The van der Waals surface area contributed by atoms with Crippen LogP contribution in [0.2, 0.25) is 0 Å². The first-order valence-electron chi connectivity index (χ1n) is 5.46. The molecule has 0 aliphatic rings. The molecular weight excluding hydrogens is 174 g/mol. The van der Waals surface area contributed by atoms with E-state index in [-0.39, 0.29) is 5.54 Å². The van der Waals surface area contributed by atoms with Crippen LogP contribution in [0.5, 0.6) is 0 Å². The van der Waals surface area contributed by atoms with Crippen molar-refractivity contribution in [1.29, 1.82) is 0 Å². The fourth-order valence-corrected chi connectivity index (χ4v) is 1.64. The molecule has 0 fully saturated rings. The van der Waals surface area contributed by atoms with Crippen molar-refractivity contribution in [2.24, 2.45) is 5.73 Å². The van der Waals surface area contributed by atoms with Gasteiger partial charge in [0.25, 0.3) is 0 Å². The lowest BCUT2D eigenvalue weighted by Gasteiger charge is -2.26. The maximum atomic E-state index is 5.99. The molecular formula is C11H27N3. The fourth-order valence-electron chi connectivity index (χ4n) is 1.64. The van der Waals surface area contributed by atoms with Crippen molar-refractivity contribution < 1.29 is 0 Å². The molecule has 86 valence electrons. The predicted octanol–water partition coefficient (Wildman–Crippen LogP) is 1.04. The molecule has 0 amide bonds. The molecule has 0 rings (SSSR count). The Hall–Kier alpha value is -0.120. The van der Waals surface area contributed by atoms with E-state index < -0.39 is 0 Å². The van der Waals surface area contributed by atoms with E-state index in [1.165, 1.54) is 12.8 Å². The van der Waals surface area contributed by atoms with Gasteiger partial charge in [-0.3, -0.25) is 0 Å². The maximum absolute atomic E-state index is 5.99. The minimum absolute atomic E-state index is 0.0637. The zero-order chi connectivity index (χ0) is 11.2. The van der Waals surface area contributed by atoms with Crippen molar-refractivity contribution in [2.45, 2.75) is 44.7 Å². The normalized spacial score (nSPS) is 14.8. The Morgan fingerprint density at radius 1 is 1.36 bits per heavy atom. The van der Waals surface area contributed by atoms with Gasteiger partial charge in [-0.25, -0.2) is 0 Å². The van der Waals surface area contributed by atoms with Crippen molar-refractivity contribution in [3.63, 3.8) is 0 Å². The lowest BCUT2D eigenvalue weighted by molar-refractivity contribution is 0.338. The monoisotopic (exact) mass is 201 g/mol. The van der Waals surface area contributed by atoms with Crippen LogP contribution >= 0.6 is 0 Å². The zero-order valence-electron chi connectivity index (χ0n) is 10.4. The summed E-state index contributed by atoms with van der Waals surface area (Å²) in [6, 6.07) is 0.551. The highest BCUT2D eigenvalue weighted by Gasteiger charge is 2.17. The van der Waals surface area contributed by atoms with Crippen molar-refractivity contribution in [3.8, 4) is 0 Å². The molecule has 0 saturated carbocycles. The van der Waals surface area contributed by atoms with Crippen LogP contribution in [0.3, 0.4) is 0 Å². The summed E-state index contributed by atoms with van der Waals surface area (Å²) < 4.78 is 0. The van der Waals surface area contributed by atoms with Crippen LogP contribution in [-0.2, 0) is 0 Å². The first kappa shape index (κ1) is 13.9. The number of hydrogen-bond acceptors (Lipinski definition) is 3. The first-order chi connectivity index (χ1) is 6.35. The Balaban J connectivity index is 3.69. The van der Waals surface area contributed by atoms with Gasteiger partial charge in [0.15, 0.2) is 0 Å². The van der Waals surface area contributed by atoms with Gasteiger partial charge in [0.05, 0.1) is 0 Å². The molecule has 0 aliphatic carbocycles. The van der Waals surface area contributed by atoms with E-state index in [1.54, 1.807) is 0 Å². The molecule has 3 N–H and O–H groups in total. The summed E-state index contributed by atoms with van der Waals surface area (Å²) in [6.45, 7) is 5.33. The fraction of sp³-hybridized carbons (Fsp3) is 1.00. The maximum Gasteiger partial charge on any atom is 0.0112 e. The number of nitrogens with two attached hydrogens (primary N) is 1. The number of nitrogens with zero attached hydrogens (tertiary/aromatic N) is 1. The second-order valence-electron chi connectivity index (χ2n) is 5.12. The van der Waals surface area contributed by atoms with Gasteiger partial charge in [-0.15, -0.1) is 0 Å². The molecule has 0 heterocycles. The number of hydrogen-bond donors (Lipinski definition) is 2. The summed E-state index contributed by atoms with van der Waals surface area (Å²) in [7, 11) is 6.24. The molecule has 0 radical (unpaired) electrons. The SMILES string of the molecule is CNC(CCCN(C)C)CC(C)(C)N. The minimum Gasteiger partial charge on any atom is -0.326 e. The lowest BCUT2D eigenvalue weighted by Crippen LogP contribution is -2.41. The summed E-state index contributed by atoms with van der Waals surface area (Å²) >= 11 is 0. The molecule has 0 spiro atoms. The summed E-state index contributed by atoms with van der Waals surface area (Å²) in [4.78, 5) is 2.22. The van der Waals surface area contributed by atoms with Crippen LogP contribution in [0.4, 0.5) is 0 Å². The van der Waals surface area contributed by atoms with E-state index in [9.17, 15) is 0 Å². The van der Waals surface area contributed by atoms with Crippen molar-refractivity contribution in [2.75, 3.05) is 27.7 Å². The van der Waals surface area contributed by atoms with Crippen LogP contribution in [-0.4, -0.2) is 44.2 Å². The highest BCUT2D eigenvalue weighted by Crippen LogP contribution is 2.11. The van der Waals surface area contributed by atoms with Gasteiger partial charge in [0, 0.05) is 11.6 Å². The van der Waals surface area contributed by atoms with Crippen molar-refractivity contribution in [1.82, 2.24) is 10.2 Å². The number of nitrogens with one attached hydrogen (secondary N) is 1. The quantitative estimate of drug-likeness (QED) is 0.647. The average molecular weight is 201 g/mol. The van der Waals surface area contributed by atoms with Gasteiger partial charge in [0.2, 0.25) is 0 Å². The van der Waals surface area contributed by atoms with Gasteiger partial charge in [-0.05, 0) is 60.8 Å². The van der Waals surface area contributed by atoms with Crippen LogP contribution in [0.15, 0.2) is 0 Å². The molecule has 3 nitrogen and oxygen atoms in total. The minimum atomic E-state index is -0.0637. The topological polar surface area (TPSA) is 41.3 Å². The van der Waals surface area contributed by atoms with Crippen LogP contribution in [0.1, 0.15) is 33.1 Å². The Morgan fingerprint density at radius 2 is 1.93 bits per heavy atom. The molecule has 1 atom stereocenters. The van der Waals surface area contributed by atoms with Gasteiger partial charge in [-0.1, -0.05) is 0 Å². The van der Waals surface area contributed by atoms with Gasteiger partial charge >= 0.3 is 0 Å². The first-order valence-corrected chi connectivity index (χ1v) is 5.46. The van der Waals surface area contributed by atoms with Gasteiger partial charge in [0.1, 0.15) is 0 Å². The highest BCUT2D eigenvalue weighted by atomic mass is 15.0. The largest absolute Gasteiger partial charge is 0.326 e. The smallest absolute Gasteiger partial charge is 0.0112 e. The Labute approximate surface area is 89.0 Å². The van der Waals surface area contributed by atoms with Crippen LogP contribution < -0.4 is 11.1 Å². The summed E-state index contributed by atoms with van der Waals surface area (Å²) in [6.07, 6.45) is 3.47. The lowest BCUT2D eigenvalue weighted by atomic mass is 9.94. The molecule has 0 bridgehead atoms. The third kappa shape index (κ3) is 8.48. The van der Waals surface area contributed by atoms with E-state index in [2.05, 4.69) is 38.2 Å². The van der Waals surface area contributed by atoms with Gasteiger partial charge in [-0.2, -0.15) is 0 Å². The van der Waals surface area contributed by atoms with Crippen molar-refractivity contribution >= 4 is 0 Å². The Kier molecular flexibility index (Phi) is 6.33. The predicted molar refractivity (Wildman–Crippen MR) is 63.5 cm³/mol. The Bertz CT molecular complexity index is 138. The summed E-state index contributed by atoms with van der Waals surface area (Å²) in [5.41, 5.74) is 5.93. The third-order valence-corrected chi connectivity index (χ3v) is 2.34. The molecule has 14 heavy (non-hydrogen) atoms. The second kappa shape index (κ2) is 6.38. The molecule has 0 aromatic heterocycles. The van der Waals surface area contributed by atoms with Crippen LogP contribution in [0, 0.1) is 0 Å². The van der Waals surface area contributed by atoms with Crippen molar-refractivity contribution in [3.05, 3.63) is 0 Å². The van der Waals surface area contributed by atoms with E-state index in [0.717, 1.165) is 13.0 Å². The molecule has 1 unspecified atom stereocenters. The van der Waals surface area contributed by atoms with E-state index in [1.807, 2.05) is 7.05 Å². The van der Waals surface area contributed by atoms with Crippen LogP contribution in [0.25, 0.3) is 0 Å². The highest BCUT2D eigenvalue weighted by molar-refractivity contribution is 4.79. The zero-order valence-corrected chi connectivity index (χ0v) is 10.4. The number of rotatable bonds is 7. The third-order valence-electron chi connectivity index (χ3n) is 2.34. The molecule has 0 saturated heterocycles. The molecule has 0 aromatic carbocycles. The Morgan fingerprint density at radius 3 is 2.29 bits per heavy atom. The summed E-state index contributed by atoms with van der Waals surface area (Å²) in [5.74, 6) is 0. The van der Waals surface area contributed by atoms with Gasteiger partial charge < -0.3 is 16.0 Å². The second-order valence-corrected chi connectivity index (χ2v) is 5.12. The van der Waals surface area contributed by atoms with E-state index in [4.69, 9.17) is 5.73 Å². The average Bonchev–Trinajstić information content (AvgIpc) is 1.99. The summed E-state index contributed by atoms with van der Waals surface area (Å²) in [5, 5.41) is 3.33. The van der Waals surface area contributed by atoms with E-state index in [0.29, 0.717) is 6.04 Å². The molecule has 0 aliphatic heterocycles. The van der Waals surface area contributed by atoms with E-state index >= 15 is 0 Å².